The molecule has 0 bridgehead atoms. The van der Waals surface area contributed by atoms with Gasteiger partial charge < -0.3 is 4.74 Å². The van der Waals surface area contributed by atoms with Crippen molar-refractivity contribution in [3.63, 3.8) is 0 Å². The van der Waals surface area contributed by atoms with Crippen LogP contribution in [0.2, 0.25) is 0 Å². The largest absolute Gasteiger partial charge is 0.494 e. The van der Waals surface area contributed by atoms with Crippen molar-refractivity contribution in [3.05, 3.63) is 71.3 Å². The molecule has 2 aromatic carbocycles. The van der Waals surface area contributed by atoms with Crippen LogP contribution in [0, 0.1) is 0 Å². The van der Waals surface area contributed by atoms with E-state index < -0.39 is 0 Å². The highest BCUT2D eigenvalue weighted by atomic mass is 32.2. The number of thioether (sulfide) groups is 1. The maximum atomic E-state index is 13.2. The van der Waals surface area contributed by atoms with Gasteiger partial charge in [0.1, 0.15) is 10.1 Å². The molecule has 0 spiro atoms. The molecule has 0 atom stereocenters. The summed E-state index contributed by atoms with van der Waals surface area (Å²) in [5.41, 5.74) is 3.61. The van der Waals surface area contributed by atoms with E-state index in [9.17, 15) is 4.79 Å². The maximum Gasteiger partial charge on any atom is 0.266 e. The number of hydrogen-bond acceptors (Lipinski definition) is 5. The first-order valence-corrected chi connectivity index (χ1v) is 14.0. The molecule has 1 aromatic heterocycles. The second-order valence-electron chi connectivity index (χ2n) is 8.83. The van der Waals surface area contributed by atoms with Gasteiger partial charge in [-0.15, -0.1) is 0 Å². The van der Waals surface area contributed by atoms with Gasteiger partial charge in [0.25, 0.3) is 5.91 Å². The molecule has 1 saturated heterocycles. The number of thiocarbonyl (C=S) groups is 1. The van der Waals surface area contributed by atoms with Gasteiger partial charge in [0.05, 0.1) is 22.9 Å². The third kappa shape index (κ3) is 6.45. The van der Waals surface area contributed by atoms with Gasteiger partial charge in [-0.25, -0.2) is 4.68 Å². The minimum absolute atomic E-state index is 0.0118. The Hall–Kier alpha value is -2.90. The van der Waals surface area contributed by atoms with E-state index in [-0.39, 0.29) is 5.91 Å². The van der Waals surface area contributed by atoms with Crippen molar-refractivity contribution in [1.29, 1.82) is 0 Å². The summed E-state index contributed by atoms with van der Waals surface area (Å²) < 4.78 is 8.24. The van der Waals surface area contributed by atoms with Crippen molar-refractivity contribution < 1.29 is 9.53 Å². The van der Waals surface area contributed by atoms with Crippen molar-refractivity contribution in [2.75, 3.05) is 13.2 Å². The number of ether oxygens (including phenoxy) is 1. The van der Waals surface area contributed by atoms with Crippen molar-refractivity contribution in [3.8, 4) is 22.7 Å². The Bertz CT molecular complexity index is 1200. The Morgan fingerprint density at radius 2 is 1.72 bits per heavy atom. The molecule has 4 rings (SSSR count). The number of unbranched alkanes of at least 4 members (excludes halogenated alkanes) is 4. The molecule has 36 heavy (non-hydrogen) atoms. The zero-order chi connectivity index (χ0) is 25.3. The molecule has 1 aliphatic heterocycles. The fourth-order valence-electron chi connectivity index (χ4n) is 4.07. The number of para-hydroxylation sites is 1. The van der Waals surface area contributed by atoms with Crippen LogP contribution in [0.15, 0.2) is 65.7 Å². The Balaban J connectivity index is 1.61. The first kappa shape index (κ1) is 26.2. The maximum absolute atomic E-state index is 13.2. The topological polar surface area (TPSA) is 47.4 Å². The standard InChI is InChI=1S/C29H33N3O2S2/c1-3-5-6-7-11-18-31-28(33)26(36-29(31)35)20-23-21-32(24-12-9-8-10-13-24)30-27(23)22-14-16-25(17-15-22)34-19-4-2/h8-10,12-17,20-21H,3-7,11,18-19H2,1-2H3/b26-20+. The van der Waals surface area contributed by atoms with Crippen LogP contribution < -0.4 is 4.74 Å². The van der Waals surface area contributed by atoms with E-state index in [2.05, 4.69) is 13.8 Å². The van der Waals surface area contributed by atoms with Crippen LogP contribution in [0.4, 0.5) is 0 Å². The van der Waals surface area contributed by atoms with Gasteiger partial charge in [-0.1, -0.05) is 81.7 Å². The third-order valence-corrected chi connectivity index (χ3v) is 7.39. The Kier molecular flexibility index (Phi) is 9.36. The fourth-order valence-corrected chi connectivity index (χ4v) is 5.37. The second-order valence-corrected chi connectivity index (χ2v) is 10.5. The van der Waals surface area contributed by atoms with Crippen LogP contribution >= 0.6 is 24.0 Å². The molecule has 7 heteroatoms. The van der Waals surface area contributed by atoms with E-state index in [1.54, 1.807) is 4.90 Å². The van der Waals surface area contributed by atoms with Gasteiger partial charge in [0, 0.05) is 23.9 Å². The Morgan fingerprint density at radius 3 is 2.44 bits per heavy atom. The van der Waals surface area contributed by atoms with Gasteiger partial charge in [0.15, 0.2) is 0 Å². The van der Waals surface area contributed by atoms with Crippen molar-refractivity contribution in [2.45, 2.75) is 52.4 Å². The normalized spacial score (nSPS) is 14.7. The van der Waals surface area contributed by atoms with Crippen molar-refractivity contribution >= 4 is 40.3 Å². The minimum atomic E-state index is -0.0118. The summed E-state index contributed by atoms with van der Waals surface area (Å²) in [5, 5.41) is 4.89. The number of rotatable bonds is 12. The number of nitrogens with zero attached hydrogens (tertiary/aromatic N) is 3. The van der Waals surface area contributed by atoms with Gasteiger partial charge in [0.2, 0.25) is 0 Å². The second kappa shape index (κ2) is 12.9. The molecule has 1 amide bonds. The summed E-state index contributed by atoms with van der Waals surface area (Å²) >= 11 is 6.94. The molecule has 0 unspecified atom stereocenters. The van der Waals surface area contributed by atoms with Crippen LogP contribution in [0.1, 0.15) is 57.9 Å². The van der Waals surface area contributed by atoms with Crippen molar-refractivity contribution in [2.24, 2.45) is 0 Å². The van der Waals surface area contributed by atoms with E-state index in [1.165, 1.54) is 31.0 Å². The quantitative estimate of drug-likeness (QED) is 0.141. The molecule has 3 aromatic rings. The molecular formula is C29H33N3O2S2. The zero-order valence-electron chi connectivity index (χ0n) is 21.0. The smallest absolute Gasteiger partial charge is 0.266 e. The van der Waals surface area contributed by atoms with Crippen LogP contribution in [-0.2, 0) is 4.79 Å². The zero-order valence-corrected chi connectivity index (χ0v) is 22.6. The summed E-state index contributed by atoms with van der Waals surface area (Å²) in [4.78, 5) is 15.6. The highest BCUT2D eigenvalue weighted by molar-refractivity contribution is 8.26. The van der Waals surface area contributed by atoms with Crippen LogP contribution in [0.25, 0.3) is 23.0 Å². The molecule has 188 valence electrons. The Morgan fingerprint density at radius 1 is 0.972 bits per heavy atom. The summed E-state index contributed by atoms with van der Waals surface area (Å²) in [6.45, 7) is 5.66. The summed E-state index contributed by atoms with van der Waals surface area (Å²) in [7, 11) is 0. The lowest BCUT2D eigenvalue weighted by atomic mass is 10.1. The summed E-state index contributed by atoms with van der Waals surface area (Å²) in [6.07, 6.45) is 10.6. The van der Waals surface area contributed by atoms with Gasteiger partial charge in [-0.05, 0) is 55.3 Å². The average Bonchev–Trinajstić information content (AvgIpc) is 3.44. The summed E-state index contributed by atoms with van der Waals surface area (Å²) in [5.74, 6) is 0.826. The van der Waals surface area contributed by atoms with Gasteiger partial charge in [-0.2, -0.15) is 5.10 Å². The molecule has 0 N–H and O–H groups in total. The molecule has 1 aliphatic rings. The number of carbonyl (C=O) groups excluding carboxylic acids is 1. The van der Waals surface area contributed by atoms with E-state index in [4.69, 9.17) is 22.1 Å². The van der Waals surface area contributed by atoms with E-state index in [1.807, 2.05) is 71.6 Å². The Labute approximate surface area is 223 Å². The molecular weight excluding hydrogens is 486 g/mol. The monoisotopic (exact) mass is 519 g/mol. The van der Waals surface area contributed by atoms with Gasteiger partial charge in [-0.3, -0.25) is 9.69 Å². The number of benzene rings is 2. The fraction of sp³-hybridized carbons (Fsp3) is 0.345. The van der Waals surface area contributed by atoms with E-state index >= 15 is 0 Å². The molecule has 0 saturated carbocycles. The lowest BCUT2D eigenvalue weighted by Gasteiger charge is -2.13. The lowest BCUT2D eigenvalue weighted by molar-refractivity contribution is -0.122. The first-order chi connectivity index (χ1) is 17.6. The van der Waals surface area contributed by atoms with Crippen molar-refractivity contribution in [1.82, 2.24) is 14.7 Å². The molecule has 1 fully saturated rings. The lowest BCUT2D eigenvalue weighted by Crippen LogP contribution is -2.29. The number of aromatic nitrogens is 2. The van der Waals surface area contributed by atoms with Crippen LogP contribution in [-0.4, -0.2) is 38.1 Å². The molecule has 0 radical (unpaired) electrons. The van der Waals surface area contributed by atoms with Gasteiger partial charge >= 0.3 is 0 Å². The predicted molar refractivity (Wildman–Crippen MR) is 153 cm³/mol. The van der Waals surface area contributed by atoms with Crippen LogP contribution in [0.3, 0.4) is 0 Å². The number of carbonyl (C=O) groups is 1. The van der Waals surface area contributed by atoms with E-state index in [0.717, 1.165) is 47.5 Å². The SMILES string of the molecule is CCCCCCCN1C(=O)/C(=C\c2cn(-c3ccccc3)nc2-c2ccc(OCCC)cc2)SC1=S. The first-order valence-electron chi connectivity index (χ1n) is 12.7. The number of hydrogen-bond donors (Lipinski definition) is 0. The van der Waals surface area contributed by atoms with Crippen LogP contribution in [0.5, 0.6) is 5.75 Å². The summed E-state index contributed by atoms with van der Waals surface area (Å²) in [6, 6.07) is 18.0. The highest BCUT2D eigenvalue weighted by Gasteiger charge is 2.32. The highest BCUT2D eigenvalue weighted by Crippen LogP contribution is 2.35. The molecule has 5 nitrogen and oxygen atoms in total. The average molecular weight is 520 g/mol. The molecule has 2 heterocycles. The minimum Gasteiger partial charge on any atom is -0.494 e. The molecule has 0 aliphatic carbocycles. The van der Waals surface area contributed by atoms with E-state index in [0.29, 0.717) is 22.4 Å². The third-order valence-electron chi connectivity index (χ3n) is 6.01. The predicted octanol–water partition coefficient (Wildman–Crippen LogP) is 7.50. The number of amides is 1.